The summed E-state index contributed by atoms with van der Waals surface area (Å²) in [4.78, 5) is 38.2. The van der Waals surface area contributed by atoms with Gasteiger partial charge in [0.15, 0.2) is 17.6 Å². The van der Waals surface area contributed by atoms with E-state index in [1.807, 2.05) is 19.1 Å². The van der Waals surface area contributed by atoms with Crippen molar-refractivity contribution in [3.63, 3.8) is 0 Å². The first kappa shape index (κ1) is 21.9. The molecule has 1 aliphatic heterocycles. The molecule has 0 saturated carbocycles. The van der Waals surface area contributed by atoms with E-state index in [4.69, 9.17) is 21.7 Å². The van der Waals surface area contributed by atoms with Crippen LogP contribution >= 0.6 is 12.2 Å². The summed E-state index contributed by atoms with van der Waals surface area (Å²) in [5, 5.41) is 6.19. The SMILES string of the molecule is COc1ccc(OCC(=O)N/N=C\[C@H]2C(=O)NC(=S)N(c3ccc(C)cc3)C2=O)cc1. The molecule has 1 fully saturated rings. The number of ether oxygens (including phenoxy) is 2. The molecule has 0 radical (unpaired) electrons. The highest BCUT2D eigenvalue weighted by Gasteiger charge is 2.38. The van der Waals surface area contributed by atoms with Crippen LogP contribution in [-0.4, -0.2) is 42.8 Å². The highest BCUT2D eigenvalue weighted by molar-refractivity contribution is 7.80. The summed E-state index contributed by atoms with van der Waals surface area (Å²) in [7, 11) is 1.55. The summed E-state index contributed by atoms with van der Waals surface area (Å²) in [5.41, 5.74) is 3.77. The molecule has 10 heteroatoms. The zero-order valence-corrected chi connectivity index (χ0v) is 17.6. The van der Waals surface area contributed by atoms with Gasteiger partial charge in [-0.2, -0.15) is 5.10 Å². The predicted molar refractivity (Wildman–Crippen MR) is 118 cm³/mol. The van der Waals surface area contributed by atoms with Crippen molar-refractivity contribution >= 4 is 47.0 Å². The van der Waals surface area contributed by atoms with Gasteiger partial charge in [0.1, 0.15) is 11.5 Å². The molecular weight excluding hydrogens is 420 g/mol. The van der Waals surface area contributed by atoms with Crippen LogP contribution in [0.25, 0.3) is 0 Å². The number of methoxy groups -OCH3 is 1. The Kier molecular flexibility index (Phi) is 6.93. The Morgan fingerprint density at radius 1 is 1.16 bits per heavy atom. The molecule has 1 heterocycles. The molecule has 0 aliphatic carbocycles. The summed E-state index contributed by atoms with van der Waals surface area (Å²) in [6.07, 6.45) is 1.06. The van der Waals surface area contributed by atoms with Gasteiger partial charge in [0.25, 0.3) is 11.8 Å². The van der Waals surface area contributed by atoms with E-state index in [-0.39, 0.29) is 11.7 Å². The second-order valence-corrected chi connectivity index (χ2v) is 6.95. The monoisotopic (exact) mass is 440 g/mol. The minimum absolute atomic E-state index is 0.0135. The van der Waals surface area contributed by atoms with Gasteiger partial charge in [-0.3, -0.25) is 19.3 Å². The van der Waals surface area contributed by atoms with E-state index in [0.717, 1.165) is 11.8 Å². The molecule has 2 aromatic carbocycles. The van der Waals surface area contributed by atoms with Gasteiger partial charge in [-0.1, -0.05) is 17.7 Å². The van der Waals surface area contributed by atoms with Gasteiger partial charge in [0, 0.05) is 6.21 Å². The fourth-order valence-electron chi connectivity index (χ4n) is 2.70. The molecule has 2 N–H and O–H groups in total. The van der Waals surface area contributed by atoms with Crippen LogP contribution in [0.4, 0.5) is 5.69 Å². The number of carbonyl (C=O) groups excluding carboxylic acids is 3. The average molecular weight is 440 g/mol. The van der Waals surface area contributed by atoms with Crippen molar-refractivity contribution in [1.29, 1.82) is 0 Å². The maximum absolute atomic E-state index is 12.8. The zero-order chi connectivity index (χ0) is 22.4. The minimum atomic E-state index is -1.24. The van der Waals surface area contributed by atoms with E-state index in [9.17, 15) is 14.4 Å². The molecule has 3 rings (SSSR count). The molecule has 3 amide bonds. The van der Waals surface area contributed by atoms with Gasteiger partial charge >= 0.3 is 0 Å². The number of nitrogens with zero attached hydrogens (tertiary/aromatic N) is 2. The van der Waals surface area contributed by atoms with Crippen molar-refractivity contribution in [2.75, 3.05) is 18.6 Å². The topological polar surface area (TPSA) is 109 Å². The van der Waals surface area contributed by atoms with Gasteiger partial charge < -0.3 is 14.8 Å². The van der Waals surface area contributed by atoms with Crippen molar-refractivity contribution in [1.82, 2.24) is 10.7 Å². The number of carbonyl (C=O) groups is 3. The van der Waals surface area contributed by atoms with Crippen molar-refractivity contribution in [3.05, 3.63) is 54.1 Å². The maximum atomic E-state index is 12.8. The van der Waals surface area contributed by atoms with E-state index in [0.29, 0.717) is 17.2 Å². The third-order valence-corrected chi connectivity index (χ3v) is 4.62. The van der Waals surface area contributed by atoms with Crippen LogP contribution in [0.1, 0.15) is 5.56 Å². The number of anilines is 1. The third kappa shape index (κ3) is 5.43. The lowest BCUT2D eigenvalue weighted by Crippen LogP contribution is -2.58. The quantitative estimate of drug-likeness (QED) is 0.293. The van der Waals surface area contributed by atoms with Gasteiger partial charge in [-0.05, 0) is 55.5 Å². The number of thiocarbonyl (C=S) groups is 1. The average Bonchev–Trinajstić information content (AvgIpc) is 2.76. The molecule has 0 aromatic heterocycles. The number of hydrogen-bond acceptors (Lipinski definition) is 7. The van der Waals surface area contributed by atoms with Gasteiger partial charge in [-0.15, -0.1) is 0 Å². The molecule has 0 unspecified atom stereocenters. The van der Waals surface area contributed by atoms with Crippen LogP contribution in [-0.2, 0) is 14.4 Å². The predicted octanol–water partition coefficient (Wildman–Crippen LogP) is 1.55. The number of aryl methyl sites for hydroxylation is 1. The number of hydrazone groups is 1. The molecule has 31 heavy (non-hydrogen) atoms. The molecule has 0 bridgehead atoms. The molecule has 1 atom stereocenters. The smallest absolute Gasteiger partial charge is 0.277 e. The maximum Gasteiger partial charge on any atom is 0.277 e. The van der Waals surface area contributed by atoms with E-state index in [1.54, 1.807) is 43.5 Å². The summed E-state index contributed by atoms with van der Waals surface area (Å²) >= 11 is 5.13. The minimum Gasteiger partial charge on any atom is -0.497 e. The number of nitrogens with one attached hydrogen (secondary N) is 2. The molecule has 1 aliphatic rings. The van der Waals surface area contributed by atoms with Crippen molar-refractivity contribution in [2.24, 2.45) is 11.0 Å². The van der Waals surface area contributed by atoms with Gasteiger partial charge in [-0.25, -0.2) is 5.43 Å². The number of benzene rings is 2. The van der Waals surface area contributed by atoms with E-state index >= 15 is 0 Å². The van der Waals surface area contributed by atoms with Crippen LogP contribution < -0.4 is 25.1 Å². The van der Waals surface area contributed by atoms with Crippen molar-refractivity contribution in [3.8, 4) is 11.5 Å². The summed E-state index contributed by atoms with van der Waals surface area (Å²) in [6.45, 7) is 1.62. The first-order valence-corrected chi connectivity index (χ1v) is 9.64. The molecule has 0 spiro atoms. The highest BCUT2D eigenvalue weighted by Crippen LogP contribution is 2.21. The van der Waals surface area contributed by atoms with E-state index in [2.05, 4.69) is 15.8 Å². The lowest BCUT2D eigenvalue weighted by atomic mass is 10.1. The molecular formula is C21H20N4O5S. The van der Waals surface area contributed by atoms with Crippen molar-refractivity contribution in [2.45, 2.75) is 6.92 Å². The van der Waals surface area contributed by atoms with E-state index in [1.165, 1.54) is 4.90 Å². The Hall–Kier alpha value is -3.79. The number of amides is 3. The summed E-state index contributed by atoms with van der Waals surface area (Å²) < 4.78 is 10.4. The molecule has 160 valence electrons. The van der Waals surface area contributed by atoms with Crippen LogP contribution in [0.3, 0.4) is 0 Å². The van der Waals surface area contributed by atoms with Crippen LogP contribution in [0.2, 0.25) is 0 Å². The fourth-order valence-corrected chi connectivity index (χ4v) is 2.99. The Morgan fingerprint density at radius 2 is 1.81 bits per heavy atom. The lowest BCUT2D eigenvalue weighted by Gasteiger charge is -2.30. The van der Waals surface area contributed by atoms with Gasteiger partial charge in [0.05, 0.1) is 12.8 Å². The normalized spacial score (nSPS) is 16.3. The third-order valence-electron chi connectivity index (χ3n) is 4.34. The fraction of sp³-hybridized carbons (Fsp3) is 0.190. The molecule has 9 nitrogen and oxygen atoms in total. The second kappa shape index (κ2) is 9.81. The standard InChI is InChI=1S/C21H20N4O5S/c1-13-3-5-14(6-4-13)25-20(28)17(19(27)23-21(25)31)11-22-24-18(26)12-30-16-9-7-15(29-2)8-10-16/h3-11,17H,12H2,1-2H3,(H,24,26)(H,23,27,31)/b22-11-/t17-/m0/s1. The number of rotatable bonds is 7. The first-order valence-electron chi connectivity index (χ1n) is 9.23. The summed E-state index contributed by atoms with van der Waals surface area (Å²) in [6, 6.07) is 13.8. The van der Waals surface area contributed by atoms with Gasteiger partial charge in [0.2, 0.25) is 5.91 Å². The van der Waals surface area contributed by atoms with E-state index < -0.39 is 23.6 Å². The Balaban J connectivity index is 1.58. The zero-order valence-electron chi connectivity index (χ0n) is 16.8. The Labute approximate surface area is 184 Å². The summed E-state index contributed by atoms with van der Waals surface area (Å²) in [5.74, 6) is -1.84. The Morgan fingerprint density at radius 3 is 2.45 bits per heavy atom. The second-order valence-electron chi connectivity index (χ2n) is 6.56. The van der Waals surface area contributed by atoms with Crippen LogP contribution in [0.15, 0.2) is 53.6 Å². The van der Waals surface area contributed by atoms with Crippen LogP contribution in [0.5, 0.6) is 11.5 Å². The largest absolute Gasteiger partial charge is 0.497 e. The van der Waals surface area contributed by atoms with Crippen molar-refractivity contribution < 1.29 is 23.9 Å². The Bertz CT molecular complexity index is 1020. The molecule has 2 aromatic rings. The highest BCUT2D eigenvalue weighted by atomic mass is 32.1. The number of hydrogen-bond donors (Lipinski definition) is 2. The molecule has 1 saturated heterocycles. The lowest BCUT2D eigenvalue weighted by molar-refractivity contribution is -0.130. The van der Waals surface area contributed by atoms with Crippen LogP contribution in [0, 0.1) is 12.8 Å². The first-order chi connectivity index (χ1) is 14.9.